The lowest BCUT2D eigenvalue weighted by Crippen LogP contribution is -2.64. The Morgan fingerprint density at radius 2 is 0.785 bits per heavy atom. The van der Waals surface area contributed by atoms with Crippen LogP contribution < -0.4 is 0 Å². The van der Waals surface area contributed by atoms with E-state index in [1.807, 2.05) is 0 Å². The number of hydrogen-bond donors (Lipinski definition) is 6. The first-order valence-electron chi connectivity index (χ1n) is 26.5. The molecule has 13 nitrogen and oxygen atoms in total. The number of carbonyl (C=O) groups excluding carboxylic acids is 2. The summed E-state index contributed by atoms with van der Waals surface area (Å²) in [5, 5.41) is 50.3. The molecular formula is C51H97O13P. The number of phosphoric acid groups is 1. The lowest BCUT2D eigenvalue weighted by atomic mass is 9.85. The maximum Gasteiger partial charge on any atom is 0.472 e. The van der Waals surface area contributed by atoms with Gasteiger partial charge in [0.15, 0.2) is 6.10 Å². The van der Waals surface area contributed by atoms with E-state index < -0.39 is 75.7 Å². The van der Waals surface area contributed by atoms with Crippen molar-refractivity contribution in [2.24, 2.45) is 0 Å². The standard InChI is InChI=1S/C51H97O13P/c1-3-5-7-9-11-13-15-17-19-21-22-24-26-28-30-32-34-36-38-40-45(53)63-43(42-62-65(59,60)64-51-49(57)47(55)46(54)48(56)50(51)58)41-61-44(52)39-37-35-33-31-29-27-25-23-20-18-16-14-12-10-8-6-4-2/h21-22,43,46-51,54-58H,3-20,23-42H2,1-2H3,(H,59,60)/b22-21-/t43-,46?,47-,48?,49?,50?,51?/m1/s1. The molecule has 1 saturated carbocycles. The third-order valence-corrected chi connectivity index (χ3v) is 13.6. The van der Waals surface area contributed by atoms with Gasteiger partial charge in [-0.05, 0) is 38.5 Å². The van der Waals surface area contributed by atoms with Gasteiger partial charge in [-0.15, -0.1) is 0 Å². The number of esters is 2. The first-order chi connectivity index (χ1) is 31.4. The molecule has 1 aliphatic rings. The second-order valence-corrected chi connectivity index (χ2v) is 20.1. The quantitative estimate of drug-likeness (QED) is 0.0145. The largest absolute Gasteiger partial charge is 0.472 e. The number of phosphoric ester groups is 1. The summed E-state index contributed by atoms with van der Waals surface area (Å²) < 4.78 is 33.7. The highest BCUT2D eigenvalue weighted by Crippen LogP contribution is 2.47. The molecule has 0 radical (unpaired) electrons. The van der Waals surface area contributed by atoms with Crippen LogP contribution in [-0.4, -0.2) is 98.3 Å². The van der Waals surface area contributed by atoms with E-state index >= 15 is 0 Å². The molecule has 6 N–H and O–H groups in total. The summed E-state index contributed by atoms with van der Waals surface area (Å²) in [6, 6.07) is 0. The molecule has 14 heteroatoms. The van der Waals surface area contributed by atoms with Gasteiger partial charge >= 0.3 is 19.8 Å². The fourth-order valence-corrected chi connectivity index (χ4v) is 9.32. The third kappa shape index (κ3) is 33.7. The predicted molar refractivity (Wildman–Crippen MR) is 258 cm³/mol. The van der Waals surface area contributed by atoms with Crippen LogP contribution in [-0.2, 0) is 32.7 Å². The summed E-state index contributed by atoms with van der Waals surface area (Å²) in [5.41, 5.74) is 0. The summed E-state index contributed by atoms with van der Waals surface area (Å²) in [6.07, 6.45) is 32.5. The fraction of sp³-hybridized carbons (Fsp3) is 0.922. The van der Waals surface area contributed by atoms with Crippen LogP contribution in [0.15, 0.2) is 12.2 Å². The molecule has 0 amide bonds. The van der Waals surface area contributed by atoms with Crippen LogP contribution in [0.1, 0.15) is 245 Å². The second kappa shape index (κ2) is 41.6. The number of allylic oxidation sites excluding steroid dienone is 2. The number of rotatable bonds is 45. The molecule has 0 aromatic heterocycles. The Bertz CT molecular complexity index is 1190. The lowest BCUT2D eigenvalue weighted by Gasteiger charge is -2.41. The Hall–Kier alpha value is -1.41. The number of hydrogen-bond acceptors (Lipinski definition) is 12. The maximum atomic E-state index is 12.9. The molecule has 0 spiro atoms. The number of aliphatic hydroxyl groups excluding tert-OH is 5. The molecule has 1 aliphatic carbocycles. The van der Waals surface area contributed by atoms with E-state index in [2.05, 4.69) is 26.0 Å². The van der Waals surface area contributed by atoms with E-state index in [0.717, 1.165) is 51.4 Å². The van der Waals surface area contributed by atoms with Gasteiger partial charge in [-0.25, -0.2) is 4.57 Å². The van der Waals surface area contributed by atoms with Crippen LogP contribution in [0.2, 0.25) is 0 Å². The Balaban J connectivity index is 2.38. The zero-order chi connectivity index (χ0) is 47.8. The van der Waals surface area contributed by atoms with Gasteiger partial charge in [0, 0.05) is 12.8 Å². The number of ether oxygens (including phenoxy) is 2. The van der Waals surface area contributed by atoms with E-state index in [1.54, 1.807) is 0 Å². The molecule has 6 unspecified atom stereocenters. The zero-order valence-corrected chi connectivity index (χ0v) is 41.9. The van der Waals surface area contributed by atoms with Crippen LogP contribution in [0, 0.1) is 0 Å². The van der Waals surface area contributed by atoms with Crippen LogP contribution in [0.4, 0.5) is 0 Å². The van der Waals surface area contributed by atoms with Crippen LogP contribution >= 0.6 is 7.82 Å². The third-order valence-electron chi connectivity index (χ3n) is 12.6. The molecule has 0 aromatic rings. The average molecular weight is 949 g/mol. The van der Waals surface area contributed by atoms with Crippen molar-refractivity contribution in [2.75, 3.05) is 13.2 Å². The minimum atomic E-state index is -5.12. The molecule has 0 aliphatic heterocycles. The Kier molecular flexibility index (Phi) is 39.4. The molecule has 65 heavy (non-hydrogen) atoms. The molecule has 0 aromatic carbocycles. The van der Waals surface area contributed by atoms with Gasteiger partial charge in [-0.2, -0.15) is 0 Å². The van der Waals surface area contributed by atoms with Gasteiger partial charge < -0.3 is 39.9 Å². The predicted octanol–water partition coefficient (Wildman–Crippen LogP) is 11.4. The first-order valence-corrected chi connectivity index (χ1v) is 28.0. The minimum Gasteiger partial charge on any atom is -0.462 e. The van der Waals surface area contributed by atoms with Crippen molar-refractivity contribution in [2.45, 2.75) is 288 Å². The molecule has 1 fully saturated rings. The molecule has 1 rings (SSSR count). The Morgan fingerprint density at radius 3 is 1.17 bits per heavy atom. The highest BCUT2D eigenvalue weighted by molar-refractivity contribution is 7.47. The van der Waals surface area contributed by atoms with E-state index in [9.17, 15) is 44.6 Å². The summed E-state index contributed by atoms with van der Waals surface area (Å²) >= 11 is 0. The zero-order valence-electron chi connectivity index (χ0n) is 41.1. The summed E-state index contributed by atoms with van der Waals surface area (Å²) in [5.74, 6) is -1.09. The summed E-state index contributed by atoms with van der Waals surface area (Å²) in [4.78, 5) is 35.8. The van der Waals surface area contributed by atoms with Crippen LogP contribution in [0.5, 0.6) is 0 Å². The summed E-state index contributed by atoms with van der Waals surface area (Å²) in [7, 11) is -5.12. The van der Waals surface area contributed by atoms with Crippen LogP contribution in [0.3, 0.4) is 0 Å². The fourth-order valence-electron chi connectivity index (χ4n) is 8.34. The number of unbranched alkanes of at least 4 members (excludes halogenated alkanes) is 31. The molecule has 8 atom stereocenters. The molecular weight excluding hydrogens is 852 g/mol. The van der Waals surface area contributed by atoms with Crippen molar-refractivity contribution in [1.82, 2.24) is 0 Å². The van der Waals surface area contributed by atoms with Crippen molar-refractivity contribution >= 4 is 19.8 Å². The lowest BCUT2D eigenvalue weighted by molar-refractivity contribution is -0.220. The molecule has 0 bridgehead atoms. The molecule has 0 saturated heterocycles. The van der Waals surface area contributed by atoms with Gasteiger partial charge in [0.05, 0.1) is 6.61 Å². The number of aliphatic hydroxyl groups is 5. The molecule has 384 valence electrons. The van der Waals surface area contributed by atoms with Gasteiger partial charge in [0.2, 0.25) is 0 Å². The van der Waals surface area contributed by atoms with Gasteiger partial charge in [0.25, 0.3) is 0 Å². The maximum absolute atomic E-state index is 12.9. The van der Waals surface area contributed by atoms with Crippen molar-refractivity contribution in [3.8, 4) is 0 Å². The average Bonchev–Trinajstić information content (AvgIpc) is 3.29. The monoisotopic (exact) mass is 949 g/mol. The van der Waals surface area contributed by atoms with Crippen molar-refractivity contribution in [1.29, 1.82) is 0 Å². The highest BCUT2D eigenvalue weighted by atomic mass is 31.2. The SMILES string of the molecule is CCCCCCCCCC/C=C\CCCCCCCCCC(=O)O[C@H](COC(=O)CCCCCCCCCCCCCCCCCCC)COP(=O)(O)OC1C(O)C(O)C(O)[C@@H](O)C1O. The van der Waals surface area contributed by atoms with Crippen molar-refractivity contribution < 1.29 is 63.1 Å². The number of carbonyl (C=O) groups is 2. The van der Waals surface area contributed by atoms with Gasteiger partial charge in [-0.1, -0.05) is 206 Å². The first kappa shape index (κ1) is 61.6. The van der Waals surface area contributed by atoms with E-state index in [-0.39, 0.29) is 12.8 Å². The van der Waals surface area contributed by atoms with E-state index in [1.165, 1.54) is 154 Å². The van der Waals surface area contributed by atoms with E-state index in [4.69, 9.17) is 18.5 Å². The van der Waals surface area contributed by atoms with Crippen molar-refractivity contribution in [3.05, 3.63) is 12.2 Å². The normalized spacial score (nSPS) is 21.4. The summed E-state index contributed by atoms with van der Waals surface area (Å²) in [6.45, 7) is 3.34. The van der Waals surface area contributed by atoms with Crippen molar-refractivity contribution in [3.63, 3.8) is 0 Å². The topological polar surface area (TPSA) is 210 Å². The van der Waals surface area contributed by atoms with Gasteiger partial charge in [-0.3, -0.25) is 18.6 Å². The van der Waals surface area contributed by atoms with Gasteiger partial charge in [0.1, 0.15) is 43.2 Å². The smallest absolute Gasteiger partial charge is 0.462 e. The second-order valence-electron chi connectivity index (χ2n) is 18.7. The molecule has 0 heterocycles. The van der Waals surface area contributed by atoms with E-state index in [0.29, 0.717) is 12.8 Å². The Labute approximate surface area is 394 Å². The highest BCUT2D eigenvalue weighted by Gasteiger charge is 2.51. The Morgan fingerprint density at radius 1 is 0.462 bits per heavy atom. The minimum absolute atomic E-state index is 0.0964. The van der Waals surface area contributed by atoms with Crippen LogP contribution in [0.25, 0.3) is 0 Å².